The second-order valence-corrected chi connectivity index (χ2v) is 10.1. The minimum absolute atomic E-state index is 0.0267. The predicted molar refractivity (Wildman–Crippen MR) is 144 cm³/mol. The molecule has 212 valence electrons. The fraction of sp³-hybridized carbons (Fsp3) is 0.286. The lowest BCUT2D eigenvalue weighted by Crippen LogP contribution is -2.53. The van der Waals surface area contributed by atoms with Gasteiger partial charge in [0.25, 0.3) is 11.7 Å². The minimum Gasteiger partial charge on any atom is -0.480 e. The molecule has 0 aliphatic rings. The van der Waals surface area contributed by atoms with Gasteiger partial charge in [-0.25, -0.2) is 0 Å². The van der Waals surface area contributed by atoms with Crippen LogP contribution in [0, 0.1) is 5.92 Å². The number of ketones is 1. The summed E-state index contributed by atoms with van der Waals surface area (Å²) in [5, 5.41) is 5.25. The second-order valence-electron chi connectivity index (χ2n) is 9.18. The smallest absolute Gasteiger partial charge is 0.452 e. The first-order valence-corrected chi connectivity index (χ1v) is 12.9. The molecule has 0 saturated heterocycles. The summed E-state index contributed by atoms with van der Waals surface area (Å²) in [6.45, 7) is 2.75. The largest absolute Gasteiger partial charge is 0.480 e. The summed E-state index contributed by atoms with van der Waals surface area (Å²) in [6.07, 6.45) is -4.90. The van der Waals surface area contributed by atoms with Crippen molar-refractivity contribution in [2.75, 3.05) is 0 Å². The number of benzene rings is 2. The zero-order valence-electron chi connectivity index (χ0n) is 21.4. The van der Waals surface area contributed by atoms with Crippen LogP contribution < -0.4 is 15.4 Å². The molecule has 3 aromatic rings. The van der Waals surface area contributed by atoms with Gasteiger partial charge < -0.3 is 15.4 Å². The van der Waals surface area contributed by atoms with Gasteiger partial charge in [-0.15, -0.1) is 0 Å². The number of amides is 2. The molecule has 0 fully saturated rings. The van der Waals surface area contributed by atoms with Crippen molar-refractivity contribution in [1.82, 2.24) is 15.6 Å². The van der Waals surface area contributed by atoms with Crippen molar-refractivity contribution in [2.45, 2.75) is 44.6 Å². The summed E-state index contributed by atoms with van der Waals surface area (Å²) in [7, 11) is 0. The lowest BCUT2D eigenvalue weighted by molar-refractivity contribution is -0.175. The number of Topliss-reactive ketones (excluding diaryl/α,β-unsaturated/α-hetero) is 1. The van der Waals surface area contributed by atoms with Crippen LogP contribution in [0.3, 0.4) is 0 Å². The summed E-state index contributed by atoms with van der Waals surface area (Å²) in [5.74, 6) is -4.57. The molecule has 12 heteroatoms. The molecule has 2 amide bonds. The number of alkyl halides is 3. The van der Waals surface area contributed by atoms with Crippen molar-refractivity contribution >= 4 is 40.8 Å². The normalized spacial score (nSPS) is 13.7. The van der Waals surface area contributed by atoms with Gasteiger partial charge in [-0.3, -0.25) is 19.4 Å². The molecule has 0 bridgehead atoms. The van der Waals surface area contributed by atoms with Gasteiger partial charge in [-0.2, -0.15) is 13.2 Å². The van der Waals surface area contributed by atoms with Crippen LogP contribution in [0.5, 0.6) is 5.75 Å². The zero-order chi connectivity index (χ0) is 29.4. The Bertz CT molecular complexity index is 1310. The van der Waals surface area contributed by atoms with Gasteiger partial charge in [0.2, 0.25) is 5.91 Å². The maximum Gasteiger partial charge on any atom is 0.452 e. The van der Waals surface area contributed by atoms with E-state index in [1.54, 1.807) is 36.4 Å². The highest BCUT2D eigenvalue weighted by Crippen LogP contribution is 2.26. The predicted octanol–water partition coefficient (Wildman–Crippen LogP) is 5.51. The number of rotatable bonds is 11. The van der Waals surface area contributed by atoms with E-state index < -0.39 is 47.9 Å². The van der Waals surface area contributed by atoms with Crippen LogP contribution in [0.4, 0.5) is 13.2 Å². The Kier molecular flexibility index (Phi) is 10.5. The third-order valence-electron chi connectivity index (χ3n) is 5.74. The van der Waals surface area contributed by atoms with E-state index in [-0.39, 0.29) is 27.8 Å². The zero-order valence-corrected chi connectivity index (χ0v) is 22.9. The van der Waals surface area contributed by atoms with Crippen LogP contribution in [-0.2, 0) is 20.8 Å². The topological polar surface area (TPSA) is 97.4 Å². The third-order valence-corrected chi connectivity index (χ3v) is 6.17. The molecule has 7 nitrogen and oxygen atoms in total. The number of ether oxygens (including phenoxy) is 1. The van der Waals surface area contributed by atoms with E-state index in [2.05, 4.69) is 15.6 Å². The first-order chi connectivity index (χ1) is 18.8. The Balaban J connectivity index is 1.92. The Morgan fingerprint density at radius 2 is 1.52 bits per heavy atom. The molecular weight excluding hydrogens is 570 g/mol. The quantitative estimate of drug-likeness (QED) is 0.305. The SMILES string of the molecule is CC(C)[C@H](NC(=O)[C@@H](NC(=O)[C@H](Cc1ccccn1)Oc1cc(Cl)cc(Cl)c1)c1ccccc1)C(=O)C(F)(F)F. The minimum atomic E-state index is -5.16. The van der Waals surface area contributed by atoms with E-state index in [4.69, 9.17) is 27.9 Å². The summed E-state index contributed by atoms with van der Waals surface area (Å²) in [5.41, 5.74) is 0.768. The van der Waals surface area contributed by atoms with Gasteiger partial charge in [0.05, 0.1) is 6.04 Å². The Labute approximate surface area is 239 Å². The first-order valence-electron chi connectivity index (χ1n) is 12.1. The monoisotopic (exact) mass is 595 g/mol. The fourth-order valence-corrected chi connectivity index (χ4v) is 4.29. The van der Waals surface area contributed by atoms with Crippen LogP contribution in [0.25, 0.3) is 0 Å². The molecule has 0 aliphatic heterocycles. The molecular formula is C28H26Cl2F3N3O4. The highest BCUT2D eigenvalue weighted by Gasteiger charge is 2.45. The van der Waals surface area contributed by atoms with Gasteiger partial charge >= 0.3 is 6.18 Å². The molecule has 3 atom stereocenters. The van der Waals surface area contributed by atoms with Gasteiger partial charge in [-0.1, -0.05) is 73.4 Å². The third kappa shape index (κ3) is 8.69. The lowest BCUT2D eigenvalue weighted by atomic mass is 9.97. The number of nitrogens with one attached hydrogen (secondary N) is 2. The molecule has 0 spiro atoms. The highest BCUT2D eigenvalue weighted by molar-refractivity contribution is 6.34. The van der Waals surface area contributed by atoms with Crippen molar-refractivity contribution in [3.63, 3.8) is 0 Å². The van der Waals surface area contributed by atoms with Crippen LogP contribution in [-0.4, -0.2) is 40.9 Å². The van der Waals surface area contributed by atoms with Crippen LogP contribution in [0.15, 0.2) is 72.9 Å². The summed E-state index contributed by atoms with van der Waals surface area (Å²) < 4.78 is 45.5. The molecule has 0 unspecified atom stereocenters. The number of carbonyl (C=O) groups is 3. The molecule has 2 aromatic carbocycles. The first kappa shape index (κ1) is 30.9. The number of hydrogen-bond donors (Lipinski definition) is 2. The molecule has 40 heavy (non-hydrogen) atoms. The Hall–Kier alpha value is -3.63. The van der Waals surface area contributed by atoms with E-state index in [9.17, 15) is 27.6 Å². The van der Waals surface area contributed by atoms with E-state index in [1.165, 1.54) is 50.4 Å². The molecule has 2 N–H and O–H groups in total. The maximum atomic E-state index is 13.6. The highest BCUT2D eigenvalue weighted by atomic mass is 35.5. The number of hydrogen-bond acceptors (Lipinski definition) is 5. The molecule has 0 saturated carbocycles. The van der Waals surface area contributed by atoms with Gasteiger partial charge in [0.15, 0.2) is 6.10 Å². The summed E-state index contributed by atoms with van der Waals surface area (Å²) in [4.78, 5) is 43.1. The van der Waals surface area contributed by atoms with E-state index in [0.717, 1.165) is 0 Å². The summed E-state index contributed by atoms with van der Waals surface area (Å²) >= 11 is 12.1. The van der Waals surface area contributed by atoms with Crippen LogP contribution in [0.2, 0.25) is 10.0 Å². The molecule has 3 rings (SSSR count). The number of aromatic nitrogens is 1. The van der Waals surface area contributed by atoms with Crippen molar-refractivity contribution in [3.05, 3.63) is 94.2 Å². The van der Waals surface area contributed by atoms with E-state index in [0.29, 0.717) is 5.69 Å². The van der Waals surface area contributed by atoms with Crippen molar-refractivity contribution in [3.8, 4) is 5.75 Å². The number of pyridine rings is 1. The fourth-order valence-electron chi connectivity index (χ4n) is 3.79. The average Bonchev–Trinajstić information content (AvgIpc) is 2.89. The lowest BCUT2D eigenvalue weighted by Gasteiger charge is -2.27. The molecule has 1 heterocycles. The average molecular weight is 596 g/mol. The summed E-state index contributed by atoms with van der Waals surface area (Å²) in [6, 6.07) is 14.1. The Morgan fingerprint density at radius 3 is 2.08 bits per heavy atom. The van der Waals surface area contributed by atoms with Crippen molar-refractivity contribution < 1.29 is 32.3 Å². The van der Waals surface area contributed by atoms with Gasteiger partial charge in [0, 0.05) is 28.4 Å². The Morgan fingerprint density at radius 1 is 0.900 bits per heavy atom. The van der Waals surface area contributed by atoms with E-state index >= 15 is 0 Å². The van der Waals surface area contributed by atoms with Crippen molar-refractivity contribution in [2.24, 2.45) is 5.92 Å². The van der Waals surface area contributed by atoms with E-state index in [1.807, 2.05) is 0 Å². The second kappa shape index (κ2) is 13.6. The number of halogens is 5. The maximum absolute atomic E-state index is 13.6. The standard InChI is InChI=1S/C28H26Cl2F3N3O4/c1-16(2)23(25(37)28(31,32)33)35-27(39)24(17-8-4-3-5-9-17)36-26(38)22(15-20-10-6-7-11-34-20)40-21-13-18(29)12-19(30)14-21/h3-14,16,22-24H,15H2,1-2H3,(H,35,39)(H,36,38)/t22-,23-,24-/m0/s1. The van der Waals surface area contributed by atoms with Gasteiger partial charge in [0.1, 0.15) is 11.8 Å². The van der Waals surface area contributed by atoms with Crippen LogP contribution in [0.1, 0.15) is 31.1 Å². The number of carbonyl (C=O) groups excluding carboxylic acids is 3. The van der Waals surface area contributed by atoms with Crippen molar-refractivity contribution in [1.29, 1.82) is 0 Å². The van der Waals surface area contributed by atoms with Gasteiger partial charge in [-0.05, 0) is 41.8 Å². The number of nitrogens with zero attached hydrogens (tertiary/aromatic N) is 1. The molecule has 0 aliphatic carbocycles. The molecule has 0 radical (unpaired) electrons. The van der Waals surface area contributed by atoms with Crippen LogP contribution >= 0.6 is 23.2 Å². The molecule has 1 aromatic heterocycles.